The molecule has 0 unspecified atom stereocenters. The third kappa shape index (κ3) is 5.63. The van der Waals surface area contributed by atoms with Crippen LogP contribution in [-0.2, 0) is 10.0 Å². The molecule has 0 saturated carbocycles. The van der Waals surface area contributed by atoms with Crippen molar-refractivity contribution in [1.82, 2.24) is 4.90 Å². The van der Waals surface area contributed by atoms with Crippen LogP contribution in [0.3, 0.4) is 0 Å². The van der Waals surface area contributed by atoms with Gasteiger partial charge in [-0.1, -0.05) is 6.92 Å². The second-order valence-electron chi connectivity index (χ2n) is 2.73. The minimum Gasteiger partial charge on any atom is -0.362 e. The number of nitrogens with zero attached hydrogens (tertiary/aromatic N) is 2. The molecule has 0 rings (SSSR count). The van der Waals surface area contributed by atoms with Crippen molar-refractivity contribution in [3.05, 3.63) is 0 Å². The summed E-state index contributed by atoms with van der Waals surface area (Å²) in [6.45, 7) is 7.30. The van der Waals surface area contributed by atoms with Gasteiger partial charge in [-0.15, -0.1) is 0 Å². The SMILES string of the molecule is CCCS(=O)(=O)/N=C/N(CC)CC. The lowest BCUT2D eigenvalue weighted by atomic mass is 10.6. The summed E-state index contributed by atoms with van der Waals surface area (Å²) in [6.07, 6.45) is 2.02. The van der Waals surface area contributed by atoms with E-state index in [0.717, 1.165) is 13.1 Å². The second-order valence-corrected chi connectivity index (χ2v) is 4.51. The highest BCUT2D eigenvalue weighted by Crippen LogP contribution is 1.94. The van der Waals surface area contributed by atoms with Gasteiger partial charge in [0.2, 0.25) is 0 Å². The van der Waals surface area contributed by atoms with Crippen molar-refractivity contribution >= 4 is 16.4 Å². The lowest BCUT2D eigenvalue weighted by molar-refractivity contribution is 0.480. The van der Waals surface area contributed by atoms with Gasteiger partial charge in [-0.2, -0.15) is 4.40 Å². The fourth-order valence-corrected chi connectivity index (χ4v) is 1.73. The minimum absolute atomic E-state index is 0.130. The van der Waals surface area contributed by atoms with Gasteiger partial charge in [0.25, 0.3) is 10.0 Å². The monoisotopic (exact) mass is 206 g/mol. The quantitative estimate of drug-likeness (QED) is 0.483. The van der Waals surface area contributed by atoms with Gasteiger partial charge in [0.05, 0.1) is 5.75 Å². The van der Waals surface area contributed by atoms with Crippen LogP contribution in [0.5, 0.6) is 0 Å². The molecule has 0 aliphatic carbocycles. The number of sulfonamides is 1. The van der Waals surface area contributed by atoms with Gasteiger partial charge in [0, 0.05) is 13.1 Å². The second kappa shape index (κ2) is 5.96. The van der Waals surface area contributed by atoms with Crippen LogP contribution >= 0.6 is 0 Å². The van der Waals surface area contributed by atoms with Gasteiger partial charge in [0.1, 0.15) is 6.34 Å². The van der Waals surface area contributed by atoms with Crippen molar-refractivity contribution in [3.8, 4) is 0 Å². The van der Waals surface area contributed by atoms with E-state index in [9.17, 15) is 8.42 Å². The van der Waals surface area contributed by atoms with Crippen LogP contribution in [0.15, 0.2) is 4.40 Å². The average Bonchev–Trinajstić information content (AvgIpc) is 2.06. The highest BCUT2D eigenvalue weighted by Gasteiger charge is 2.04. The van der Waals surface area contributed by atoms with Crippen LogP contribution in [0.2, 0.25) is 0 Å². The molecule has 4 nitrogen and oxygen atoms in total. The third-order valence-corrected chi connectivity index (χ3v) is 2.99. The Hall–Kier alpha value is -0.580. The Balaban J connectivity index is 4.24. The maximum absolute atomic E-state index is 11.1. The molecule has 0 bridgehead atoms. The van der Waals surface area contributed by atoms with E-state index >= 15 is 0 Å². The number of hydrogen-bond acceptors (Lipinski definition) is 2. The molecular weight excluding hydrogens is 188 g/mol. The molecule has 0 heterocycles. The molecule has 0 amide bonds. The van der Waals surface area contributed by atoms with Crippen LogP contribution in [-0.4, -0.2) is 38.5 Å². The molecule has 13 heavy (non-hydrogen) atoms. The Morgan fingerprint density at radius 1 is 1.23 bits per heavy atom. The molecule has 0 aromatic rings. The highest BCUT2D eigenvalue weighted by molar-refractivity contribution is 7.90. The molecule has 78 valence electrons. The van der Waals surface area contributed by atoms with E-state index in [1.165, 1.54) is 6.34 Å². The lowest BCUT2D eigenvalue weighted by Gasteiger charge is -2.12. The molecule has 5 heteroatoms. The number of hydrogen-bond donors (Lipinski definition) is 0. The van der Waals surface area contributed by atoms with Crippen LogP contribution in [0.1, 0.15) is 27.2 Å². The molecule has 0 spiro atoms. The van der Waals surface area contributed by atoms with Gasteiger partial charge in [-0.25, -0.2) is 8.42 Å². The Kier molecular flexibility index (Phi) is 5.70. The van der Waals surface area contributed by atoms with Crippen LogP contribution < -0.4 is 0 Å². The Labute approximate surface area is 80.7 Å². The van der Waals surface area contributed by atoms with E-state index in [2.05, 4.69) is 4.40 Å². The summed E-state index contributed by atoms with van der Waals surface area (Å²) in [5, 5.41) is 0. The minimum atomic E-state index is -3.22. The average molecular weight is 206 g/mol. The molecule has 0 aliphatic heterocycles. The van der Waals surface area contributed by atoms with Gasteiger partial charge in [-0.05, 0) is 20.3 Å². The normalized spacial score (nSPS) is 12.2. The summed E-state index contributed by atoms with van der Waals surface area (Å²) in [7, 11) is -3.22. The Morgan fingerprint density at radius 3 is 2.15 bits per heavy atom. The van der Waals surface area contributed by atoms with E-state index in [4.69, 9.17) is 0 Å². The molecule has 0 aromatic heterocycles. The fraction of sp³-hybridized carbons (Fsp3) is 0.875. The maximum Gasteiger partial charge on any atom is 0.254 e. The molecular formula is C8H18N2O2S. The largest absolute Gasteiger partial charge is 0.362 e. The zero-order chi connectivity index (χ0) is 10.3. The van der Waals surface area contributed by atoms with Gasteiger partial charge in [0.15, 0.2) is 0 Å². The number of rotatable bonds is 6. The topological polar surface area (TPSA) is 49.7 Å². The predicted molar refractivity (Wildman–Crippen MR) is 55.5 cm³/mol. The van der Waals surface area contributed by atoms with Crippen molar-refractivity contribution in [3.63, 3.8) is 0 Å². The summed E-state index contributed by atoms with van der Waals surface area (Å²) in [6, 6.07) is 0. The zero-order valence-corrected chi connectivity index (χ0v) is 9.34. The van der Waals surface area contributed by atoms with E-state index in [0.29, 0.717) is 6.42 Å². The first kappa shape index (κ1) is 12.4. The van der Waals surface area contributed by atoms with E-state index in [-0.39, 0.29) is 5.75 Å². The molecule has 0 saturated heterocycles. The summed E-state index contributed by atoms with van der Waals surface area (Å²) in [5.41, 5.74) is 0. The summed E-state index contributed by atoms with van der Waals surface area (Å²) in [5.74, 6) is 0.130. The smallest absolute Gasteiger partial charge is 0.254 e. The molecule has 0 aromatic carbocycles. The first-order chi connectivity index (χ1) is 6.05. The summed E-state index contributed by atoms with van der Waals surface area (Å²) in [4.78, 5) is 1.84. The van der Waals surface area contributed by atoms with Crippen LogP contribution in [0, 0.1) is 0 Å². The van der Waals surface area contributed by atoms with Crippen molar-refractivity contribution in [1.29, 1.82) is 0 Å². The maximum atomic E-state index is 11.1. The van der Waals surface area contributed by atoms with E-state index in [1.54, 1.807) is 0 Å². The van der Waals surface area contributed by atoms with Crippen LogP contribution in [0.4, 0.5) is 0 Å². The lowest BCUT2D eigenvalue weighted by Crippen LogP contribution is -2.21. The molecule has 0 aliphatic rings. The Bertz CT molecular complexity index is 243. The summed E-state index contributed by atoms with van der Waals surface area (Å²) < 4.78 is 25.8. The highest BCUT2D eigenvalue weighted by atomic mass is 32.2. The van der Waals surface area contributed by atoms with E-state index < -0.39 is 10.0 Å². The fourth-order valence-electron chi connectivity index (χ4n) is 0.836. The van der Waals surface area contributed by atoms with Crippen LogP contribution in [0.25, 0.3) is 0 Å². The van der Waals surface area contributed by atoms with Crippen molar-refractivity contribution in [2.24, 2.45) is 4.40 Å². The molecule has 0 atom stereocenters. The molecule has 0 radical (unpaired) electrons. The zero-order valence-electron chi connectivity index (χ0n) is 8.52. The molecule has 0 fully saturated rings. The Morgan fingerprint density at radius 2 is 1.77 bits per heavy atom. The van der Waals surface area contributed by atoms with Gasteiger partial charge in [-0.3, -0.25) is 0 Å². The summed E-state index contributed by atoms with van der Waals surface area (Å²) >= 11 is 0. The first-order valence-corrected chi connectivity index (χ1v) is 6.18. The predicted octanol–water partition coefficient (Wildman–Crippen LogP) is 1.10. The van der Waals surface area contributed by atoms with Gasteiger partial charge >= 0.3 is 0 Å². The molecule has 0 N–H and O–H groups in total. The third-order valence-electron chi connectivity index (χ3n) is 1.65. The standard InChI is InChI=1S/C8H18N2O2S/c1-4-7-13(11,12)9-8-10(5-2)6-3/h8H,4-7H2,1-3H3/b9-8+. The van der Waals surface area contributed by atoms with E-state index in [1.807, 2.05) is 25.7 Å². The van der Waals surface area contributed by atoms with Crippen molar-refractivity contribution < 1.29 is 8.42 Å². The van der Waals surface area contributed by atoms with Crippen molar-refractivity contribution in [2.45, 2.75) is 27.2 Å². The van der Waals surface area contributed by atoms with Crippen molar-refractivity contribution in [2.75, 3.05) is 18.8 Å². The van der Waals surface area contributed by atoms with Gasteiger partial charge < -0.3 is 4.90 Å². The first-order valence-electron chi connectivity index (χ1n) is 4.57.